The van der Waals surface area contributed by atoms with Gasteiger partial charge in [0.2, 0.25) is 5.91 Å². The summed E-state index contributed by atoms with van der Waals surface area (Å²) < 4.78 is 1.31. The van der Waals surface area contributed by atoms with E-state index in [1.54, 1.807) is 24.3 Å². The third-order valence-corrected chi connectivity index (χ3v) is 8.66. The van der Waals surface area contributed by atoms with E-state index in [4.69, 9.17) is 0 Å². The number of pyridine rings is 1. The Morgan fingerprint density at radius 3 is 2.41 bits per heavy atom. The van der Waals surface area contributed by atoms with E-state index in [1.165, 1.54) is 48.9 Å². The Morgan fingerprint density at radius 2 is 1.78 bits per heavy atom. The van der Waals surface area contributed by atoms with E-state index < -0.39 is 17.0 Å². The number of amides is 1. The molecular formula is C30H40N2O5. The number of aromatic nitrogens is 1. The average molecular weight is 509 g/mol. The first-order chi connectivity index (χ1) is 17.5. The zero-order valence-corrected chi connectivity index (χ0v) is 22.3. The van der Waals surface area contributed by atoms with Crippen molar-refractivity contribution in [1.29, 1.82) is 0 Å². The minimum atomic E-state index is -1.27. The summed E-state index contributed by atoms with van der Waals surface area (Å²) in [5.74, 6) is -0.419. The topological polar surface area (TPSA) is 99.8 Å². The number of carboxylic acids is 1. The number of carbonyl (C=O) groups is 2. The zero-order valence-electron chi connectivity index (χ0n) is 22.3. The molecule has 2 atom stereocenters. The number of hydrogen-bond acceptors (Lipinski definition) is 4. The maximum Gasteiger partial charge on any atom is 0.337 e. The lowest BCUT2D eigenvalue weighted by Gasteiger charge is -2.51. The predicted molar refractivity (Wildman–Crippen MR) is 143 cm³/mol. The van der Waals surface area contributed by atoms with Crippen LogP contribution in [-0.2, 0) is 11.3 Å². The van der Waals surface area contributed by atoms with Crippen LogP contribution in [0.25, 0.3) is 11.1 Å². The van der Waals surface area contributed by atoms with E-state index in [2.05, 4.69) is 0 Å². The summed E-state index contributed by atoms with van der Waals surface area (Å²) in [6.07, 6.45) is 8.79. The molecule has 200 valence electrons. The van der Waals surface area contributed by atoms with Crippen molar-refractivity contribution in [2.24, 2.45) is 17.3 Å². The Hall–Kier alpha value is -2.93. The number of rotatable bonds is 7. The summed E-state index contributed by atoms with van der Waals surface area (Å²) in [6.45, 7) is 6.62. The molecule has 1 amide bonds. The van der Waals surface area contributed by atoms with E-state index in [0.717, 1.165) is 6.42 Å². The minimum Gasteiger partial charge on any atom is -0.478 e. The molecule has 1 saturated carbocycles. The third kappa shape index (κ3) is 5.82. The largest absolute Gasteiger partial charge is 0.478 e. The summed E-state index contributed by atoms with van der Waals surface area (Å²) in [5.41, 5.74) is -1.31. The lowest BCUT2D eigenvalue weighted by atomic mass is 9.69. The molecule has 0 spiro atoms. The van der Waals surface area contributed by atoms with Gasteiger partial charge < -0.3 is 19.7 Å². The first kappa shape index (κ1) is 27.1. The van der Waals surface area contributed by atoms with E-state index in [9.17, 15) is 24.6 Å². The highest BCUT2D eigenvalue weighted by atomic mass is 16.4. The fraction of sp³-hybridized carbons (Fsp3) is 0.567. The van der Waals surface area contributed by atoms with Gasteiger partial charge in [0.25, 0.3) is 5.56 Å². The second-order valence-electron chi connectivity index (χ2n) is 11.8. The second kappa shape index (κ2) is 10.8. The number of carbonyl (C=O) groups excluding carboxylic acids is 1. The van der Waals surface area contributed by atoms with Crippen LogP contribution in [0.2, 0.25) is 0 Å². The number of piperidine rings is 1. The van der Waals surface area contributed by atoms with Gasteiger partial charge in [-0.25, -0.2) is 4.79 Å². The normalized spacial score (nSPS) is 23.0. The highest BCUT2D eigenvalue weighted by Gasteiger charge is 2.49. The van der Waals surface area contributed by atoms with Crippen LogP contribution in [0.3, 0.4) is 0 Å². The van der Waals surface area contributed by atoms with Gasteiger partial charge >= 0.3 is 5.97 Å². The average Bonchev–Trinajstić information content (AvgIpc) is 2.87. The molecule has 37 heavy (non-hydrogen) atoms. The summed E-state index contributed by atoms with van der Waals surface area (Å²) in [6, 6.07) is 10.3. The van der Waals surface area contributed by atoms with Gasteiger partial charge in [-0.1, -0.05) is 83.2 Å². The monoisotopic (exact) mass is 508 g/mol. The second-order valence-corrected chi connectivity index (χ2v) is 11.8. The number of benzene rings is 1. The Kier molecular flexibility index (Phi) is 7.93. The van der Waals surface area contributed by atoms with Crippen molar-refractivity contribution < 1.29 is 19.8 Å². The van der Waals surface area contributed by atoms with Crippen LogP contribution in [0.4, 0.5) is 0 Å². The highest BCUT2D eigenvalue weighted by Crippen LogP contribution is 2.41. The lowest BCUT2D eigenvalue weighted by molar-refractivity contribution is -0.157. The lowest BCUT2D eigenvalue weighted by Crippen LogP contribution is -2.61. The molecule has 2 aromatic rings. The molecule has 1 saturated heterocycles. The van der Waals surface area contributed by atoms with Crippen LogP contribution in [0.1, 0.15) is 76.1 Å². The highest BCUT2D eigenvalue weighted by molar-refractivity contribution is 5.95. The maximum atomic E-state index is 13.3. The van der Waals surface area contributed by atoms with Gasteiger partial charge in [0.05, 0.1) is 17.7 Å². The molecule has 2 aliphatic rings. The van der Waals surface area contributed by atoms with Crippen LogP contribution in [0, 0.1) is 17.3 Å². The molecule has 7 nitrogen and oxygen atoms in total. The van der Waals surface area contributed by atoms with Crippen molar-refractivity contribution in [1.82, 2.24) is 9.47 Å². The molecule has 1 unspecified atom stereocenters. The number of aromatic carboxylic acids is 1. The molecule has 1 aromatic carbocycles. The molecule has 1 aliphatic carbocycles. The van der Waals surface area contributed by atoms with Crippen molar-refractivity contribution >= 4 is 11.9 Å². The van der Waals surface area contributed by atoms with E-state index in [-0.39, 0.29) is 29.5 Å². The Morgan fingerprint density at radius 1 is 1.11 bits per heavy atom. The summed E-state index contributed by atoms with van der Waals surface area (Å²) >= 11 is 0. The summed E-state index contributed by atoms with van der Waals surface area (Å²) in [4.78, 5) is 40.3. The summed E-state index contributed by atoms with van der Waals surface area (Å²) in [7, 11) is 0. The predicted octanol–water partition coefficient (Wildman–Crippen LogP) is 4.81. The molecule has 2 N–H and O–H groups in total. The van der Waals surface area contributed by atoms with Crippen molar-refractivity contribution in [3.63, 3.8) is 0 Å². The number of hydrogen-bond donors (Lipinski definition) is 2. The van der Waals surface area contributed by atoms with Crippen molar-refractivity contribution in [2.45, 2.75) is 77.9 Å². The number of nitrogens with zero attached hydrogens (tertiary/aromatic N) is 2. The molecule has 7 heteroatoms. The molecule has 0 radical (unpaired) electrons. The minimum absolute atomic E-state index is 0.0105. The smallest absolute Gasteiger partial charge is 0.337 e. The van der Waals surface area contributed by atoms with Gasteiger partial charge in [0.1, 0.15) is 0 Å². The molecular weight excluding hydrogens is 468 g/mol. The van der Waals surface area contributed by atoms with Crippen molar-refractivity contribution in [3.8, 4) is 11.1 Å². The summed E-state index contributed by atoms with van der Waals surface area (Å²) in [5, 5.41) is 21.6. The molecule has 2 heterocycles. The van der Waals surface area contributed by atoms with E-state index >= 15 is 0 Å². The Bertz CT molecular complexity index is 1180. The number of carboxylic acid groups (broad SMARTS) is 1. The third-order valence-electron chi connectivity index (χ3n) is 8.66. The van der Waals surface area contributed by atoms with Crippen LogP contribution < -0.4 is 5.56 Å². The van der Waals surface area contributed by atoms with Crippen LogP contribution in [0.5, 0.6) is 0 Å². The van der Waals surface area contributed by atoms with Gasteiger partial charge in [-0.3, -0.25) is 9.59 Å². The van der Waals surface area contributed by atoms with Gasteiger partial charge in [-0.2, -0.15) is 0 Å². The molecule has 4 rings (SSSR count). The molecule has 2 fully saturated rings. The van der Waals surface area contributed by atoms with E-state index in [1.807, 2.05) is 31.7 Å². The standard InChI is InChI=1S/C30H40N2O5/c1-21(16-22-10-6-4-7-11-22)27(34)31-15-14-30(37,29(2,3)19-31)20-32-18-25(28(35)36)24(17-26(32)33)23-12-8-5-9-13-23/h5,8-9,12-13,17-18,21-22,37H,4,6-7,10-11,14-16,19-20H2,1-3H3,(H,35,36)/t21?,30-/m0/s1. The number of aliphatic hydroxyl groups is 1. The fourth-order valence-electron chi connectivity index (χ4n) is 6.18. The Balaban J connectivity index is 1.51. The Labute approximate surface area is 219 Å². The quantitative estimate of drug-likeness (QED) is 0.559. The number of likely N-dealkylation sites (tertiary alicyclic amines) is 1. The van der Waals surface area contributed by atoms with Crippen LogP contribution >= 0.6 is 0 Å². The van der Waals surface area contributed by atoms with Crippen molar-refractivity contribution in [3.05, 3.63) is 58.5 Å². The van der Waals surface area contributed by atoms with Gasteiger partial charge in [-0.15, -0.1) is 0 Å². The van der Waals surface area contributed by atoms with Crippen LogP contribution in [-0.4, -0.2) is 50.2 Å². The van der Waals surface area contributed by atoms with E-state index in [0.29, 0.717) is 36.6 Å². The van der Waals surface area contributed by atoms with Gasteiger partial charge in [-0.05, 0) is 24.3 Å². The molecule has 1 aliphatic heterocycles. The maximum absolute atomic E-state index is 13.3. The molecule has 1 aromatic heterocycles. The first-order valence-electron chi connectivity index (χ1n) is 13.6. The zero-order chi connectivity index (χ0) is 26.8. The van der Waals surface area contributed by atoms with Gasteiger partial charge in [0.15, 0.2) is 0 Å². The first-order valence-corrected chi connectivity index (χ1v) is 13.6. The fourth-order valence-corrected chi connectivity index (χ4v) is 6.18. The SMILES string of the molecule is CC(CC1CCCCC1)C(=O)N1CC[C@](O)(Cn2cc(C(=O)O)c(-c3ccccc3)cc2=O)C(C)(C)C1. The van der Waals surface area contributed by atoms with Crippen LogP contribution in [0.15, 0.2) is 47.4 Å². The van der Waals surface area contributed by atoms with Crippen molar-refractivity contribution in [2.75, 3.05) is 13.1 Å². The van der Waals surface area contributed by atoms with Gasteiger partial charge in [0, 0.05) is 42.2 Å². The molecule has 0 bridgehead atoms.